The van der Waals surface area contributed by atoms with Crippen LogP contribution in [0.4, 0.5) is 5.69 Å². The molecule has 0 aliphatic heterocycles. The van der Waals surface area contributed by atoms with Crippen LogP contribution in [0.15, 0.2) is 56.6 Å². The first-order valence-corrected chi connectivity index (χ1v) is 10.3. The van der Waals surface area contributed by atoms with Crippen molar-refractivity contribution in [2.45, 2.75) is 30.7 Å². The number of hydrogen-bond acceptors (Lipinski definition) is 7. The average molecular weight is 429 g/mol. The molecule has 1 amide bonds. The summed E-state index contributed by atoms with van der Waals surface area (Å²) in [6.07, 6.45) is 0.598. The van der Waals surface area contributed by atoms with E-state index in [-0.39, 0.29) is 12.3 Å². The van der Waals surface area contributed by atoms with E-state index in [9.17, 15) is 4.79 Å². The molecule has 4 rings (SSSR count). The van der Waals surface area contributed by atoms with Crippen LogP contribution in [0.3, 0.4) is 0 Å². The van der Waals surface area contributed by atoms with E-state index in [4.69, 9.17) is 20.5 Å². The highest BCUT2D eigenvalue weighted by molar-refractivity contribution is 7.98. The molecule has 2 aromatic heterocycles. The summed E-state index contributed by atoms with van der Waals surface area (Å²) >= 11 is 7.32. The number of aryl methyl sites for hydroxylation is 2. The largest absolute Gasteiger partial charge is 0.431 e. The van der Waals surface area contributed by atoms with Crippen molar-refractivity contribution in [2.24, 2.45) is 0 Å². The van der Waals surface area contributed by atoms with Gasteiger partial charge in [0.15, 0.2) is 11.4 Å². The number of carbonyl (C=O) groups is 1. The molecular formula is C20H17ClN4O3S. The first-order valence-electron chi connectivity index (χ1n) is 8.92. The number of oxazole rings is 1. The predicted molar refractivity (Wildman–Crippen MR) is 111 cm³/mol. The Morgan fingerprint density at radius 2 is 2.07 bits per heavy atom. The van der Waals surface area contributed by atoms with Gasteiger partial charge in [0.2, 0.25) is 11.8 Å². The van der Waals surface area contributed by atoms with Gasteiger partial charge in [0.1, 0.15) is 5.52 Å². The van der Waals surface area contributed by atoms with Gasteiger partial charge in [-0.05, 0) is 42.8 Å². The normalized spacial score (nSPS) is 11.1. The Balaban J connectivity index is 1.28. The first-order chi connectivity index (χ1) is 14.1. The molecule has 0 atom stereocenters. The minimum Gasteiger partial charge on any atom is -0.431 e. The summed E-state index contributed by atoms with van der Waals surface area (Å²) < 4.78 is 10.9. The van der Waals surface area contributed by atoms with Crippen LogP contribution in [0.2, 0.25) is 5.02 Å². The maximum absolute atomic E-state index is 12.2. The number of anilines is 1. The molecule has 7 nitrogen and oxygen atoms in total. The van der Waals surface area contributed by atoms with Crippen molar-refractivity contribution in [1.82, 2.24) is 15.1 Å². The molecule has 0 unspecified atom stereocenters. The first kappa shape index (κ1) is 19.5. The van der Waals surface area contributed by atoms with Crippen LogP contribution < -0.4 is 5.32 Å². The van der Waals surface area contributed by atoms with E-state index in [0.717, 1.165) is 22.4 Å². The van der Waals surface area contributed by atoms with Crippen LogP contribution in [0.25, 0.3) is 11.1 Å². The molecule has 0 aliphatic rings. The van der Waals surface area contributed by atoms with Crippen LogP contribution >= 0.6 is 23.4 Å². The maximum Gasteiger partial charge on any atom is 0.257 e. The number of nitrogens with zero attached hydrogens (tertiary/aromatic N) is 3. The van der Waals surface area contributed by atoms with E-state index in [1.54, 1.807) is 18.2 Å². The van der Waals surface area contributed by atoms with Gasteiger partial charge in [-0.2, -0.15) is 4.98 Å². The van der Waals surface area contributed by atoms with Gasteiger partial charge in [-0.15, -0.1) is 0 Å². The van der Waals surface area contributed by atoms with Gasteiger partial charge in [-0.3, -0.25) is 4.79 Å². The summed E-state index contributed by atoms with van der Waals surface area (Å²) in [5, 5.41) is 7.99. The van der Waals surface area contributed by atoms with Gasteiger partial charge in [-0.1, -0.05) is 40.7 Å². The van der Waals surface area contributed by atoms with Gasteiger partial charge >= 0.3 is 0 Å². The lowest BCUT2D eigenvalue weighted by Gasteiger charge is -2.07. The predicted octanol–water partition coefficient (Wildman–Crippen LogP) is 5.04. The molecular weight excluding hydrogens is 412 g/mol. The van der Waals surface area contributed by atoms with Gasteiger partial charge in [0, 0.05) is 23.6 Å². The van der Waals surface area contributed by atoms with E-state index >= 15 is 0 Å². The molecule has 148 valence electrons. The van der Waals surface area contributed by atoms with E-state index < -0.39 is 0 Å². The summed E-state index contributed by atoms with van der Waals surface area (Å²) in [5.41, 5.74) is 3.19. The summed E-state index contributed by atoms with van der Waals surface area (Å²) in [7, 11) is 0. The molecule has 0 saturated carbocycles. The third-order valence-corrected chi connectivity index (χ3v) is 5.20. The van der Waals surface area contributed by atoms with Gasteiger partial charge in [0.05, 0.1) is 5.75 Å². The zero-order chi connectivity index (χ0) is 20.2. The molecule has 0 spiro atoms. The number of benzene rings is 2. The summed E-state index contributed by atoms with van der Waals surface area (Å²) in [5.74, 6) is 1.28. The molecule has 2 aromatic carbocycles. The lowest BCUT2D eigenvalue weighted by atomic mass is 10.2. The lowest BCUT2D eigenvalue weighted by molar-refractivity contribution is -0.116. The van der Waals surface area contributed by atoms with Crippen molar-refractivity contribution >= 4 is 46.1 Å². The molecule has 9 heteroatoms. The molecule has 0 fully saturated rings. The van der Waals surface area contributed by atoms with E-state index in [2.05, 4.69) is 20.4 Å². The topological polar surface area (TPSA) is 94.1 Å². The molecule has 4 aromatic rings. The third kappa shape index (κ3) is 4.96. The number of hydrogen-bond donors (Lipinski definition) is 1. The number of amides is 1. The smallest absolute Gasteiger partial charge is 0.257 e. The van der Waals surface area contributed by atoms with Gasteiger partial charge in [0.25, 0.3) is 5.22 Å². The second-order valence-electron chi connectivity index (χ2n) is 6.35. The quantitative estimate of drug-likeness (QED) is 0.412. The highest BCUT2D eigenvalue weighted by Gasteiger charge is 2.12. The van der Waals surface area contributed by atoms with E-state index in [1.165, 1.54) is 11.8 Å². The molecule has 2 heterocycles. The van der Waals surface area contributed by atoms with Crippen molar-refractivity contribution in [3.63, 3.8) is 0 Å². The number of para-hydroxylation sites is 2. The highest BCUT2D eigenvalue weighted by Crippen LogP contribution is 2.25. The van der Waals surface area contributed by atoms with Crippen LogP contribution in [0.5, 0.6) is 0 Å². The Morgan fingerprint density at radius 3 is 2.90 bits per heavy atom. The molecule has 0 bridgehead atoms. The maximum atomic E-state index is 12.2. The van der Waals surface area contributed by atoms with Crippen molar-refractivity contribution in [3.8, 4) is 0 Å². The fourth-order valence-corrected chi connectivity index (χ4v) is 3.60. The molecule has 0 saturated heterocycles. The Morgan fingerprint density at radius 1 is 1.21 bits per heavy atom. The summed E-state index contributed by atoms with van der Waals surface area (Å²) in [6, 6.07) is 12.9. The number of aromatic nitrogens is 3. The fraction of sp³-hybridized carbons (Fsp3) is 0.200. The minimum absolute atomic E-state index is 0.129. The lowest BCUT2D eigenvalue weighted by Crippen LogP contribution is -2.13. The Hall–Kier alpha value is -2.84. The number of nitrogens with one attached hydrogen (secondary N) is 1. The second-order valence-corrected chi connectivity index (χ2v) is 7.71. The fourth-order valence-electron chi connectivity index (χ4n) is 2.69. The van der Waals surface area contributed by atoms with Crippen molar-refractivity contribution in [1.29, 1.82) is 0 Å². The van der Waals surface area contributed by atoms with Crippen LogP contribution in [-0.4, -0.2) is 21.0 Å². The zero-order valence-electron chi connectivity index (χ0n) is 15.5. The van der Waals surface area contributed by atoms with Crippen molar-refractivity contribution in [2.75, 3.05) is 5.32 Å². The minimum atomic E-state index is -0.129. The molecule has 29 heavy (non-hydrogen) atoms. The number of thioether (sulfide) groups is 1. The van der Waals surface area contributed by atoms with Gasteiger partial charge < -0.3 is 14.3 Å². The van der Waals surface area contributed by atoms with E-state index in [1.807, 2.05) is 31.2 Å². The third-order valence-electron chi connectivity index (χ3n) is 4.14. The molecule has 1 N–H and O–H groups in total. The van der Waals surface area contributed by atoms with Gasteiger partial charge in [-0.25, -0.2) is 4.98 Å². The van der Waals surface area contributed by atoms with Crippen molar-refractivity contribution in [3.05, 3.63) is 64.8 Å². The van der Waals surface area contributed by atoms with Crippen LogP contribution in [0.1, 0.15) is 23.7 Å². The van der Waals surface area contributed by atoms with Crippen LogP contribution in [-0.2, 0) is 17.0 Å². The average Bonchev–Trinajstić information content (AvgIpc) is 3.33. The number of halogens is 1. The molecule has 0 radical (unpaired) electrons. The van der Waals surface area contributed by atoms with Crippen molar-refractivity contribution < 1.29 is 13.7 Å². The number of fused-ring (bicyclic) bond motifs is 1. The Bertz CT molecular complexity index is 1120. The standard InChI is InChI=1S/C20H17ClN4O3S/c1-12-10-13(21)6-7-14(12)22-18(26)8-9-19-24-17(25-28-19)11-29-20-23-15-4-2-3-5-16(15)27-20/h2-7,10H,8-9,11H2,1H3,(H,22,26). The second kappa shape index (κ2) is 8.67. The number of rotatable bonds is 7. The Labute approximate surface area is 175 Å². The van der Waals surface area contributed by atoms with Crippen LogP contribution in [0, 0.1) is 6.92 Å². The highest BCUT2D eigenvalue weighted by atomic mass is 35.5. The zero-order valence-corrected chi connectivity index (χ0v) is 17.1. The monoisotopic (exact) mass is 428 g/mol. The molecule has 0 aliphatic carbocycles. The number of carbonyl (C=O) groups excluding carboxylic acids is 1. The SMILES string of the molecule is Cc1cc(Cl)ccc1NC(=O)CCc1nc(CSc2nc3ccccc3o2)no1. The summed E-state index contributed by atoms with van der Waals surface area (Å²) in [6.45, 7) is 1.89. The Kier molecular flexibility index (Phi) is 5.82. The van der Waals surface area contributed by atoms with E-state index in [0.29, 0.717) is 34.1 Å². The summed E-state index contributed by atoms with van der Waals surface area (Å²) in [4.78, 5) is 20.9.